The minimum Gasteiger partial charge on any atom is -0.494 e. The molecule has 0 N–H and O–H groups in total. The van der Waals surface area contributed by atoms with Crippen LogP contribution in [0.3, 0.4) is 0 Å². The Morgan fingerprint density at radius 3 is 2.62 bits per heavy atom. The number of ether oxygens (including phenoxy) is 1. The van der Waals surface area contributed by atoms with Crippen LogP contribution in [0.5, 0.6) is 5.75 Å². The molecule has 1 nitrogen and oxygen atoms in total. The standard InChI is InChI=1S/C9H9BrF2O/c1-2-13-6-3-4-7(9(11)12)8(10)5-6/h3-5,9H,2H2,1H3. The summed E-state index contributed by atoms with van der Waals surface area (Å²) >= 11 is 3.06. The first-order chi connectivity index (χ1) is 6.15. The van der Waals surface area contributed by atoms with E-state index in [0.717, 1.165) is 0 Å². The molecule has 1 aromatic carbocycles. The molecule has 0 aliphatic rings. The molecule has 0 saturated heterocycles. The lowest BCUT2D eigenvalue weighted by atomic mass is 10.2. The van der Waals surface area contributed by atoms with Gasteiger partial charge in [-0.15, -0.1) is 0 Å². The third-order valence-corrected chi connectivity index (χ3v) is 2.20. The maximum absolute atomic E-state index is 12.3. The minimum atomic E-state index is -2.45. The summed E-state index contributed by atoms with van der Waals surface area (Å²) in [6.45, 7) is 2.37. The zero-order chi connectivity index (χ0) is 9.84. The zero-order valence-corrected chi connectivity index (χ0v) is 8.64. The second kappa shape index (κ2) is 4.56. The molecular formula is C9H9BrF2O. The molecule has 0 spiro atoms. The molecule has 1 aromatic rings. The second-order valence-corrected chi connectivity index (χ2v) is 3.27. The van der Waals surface area contributed by atoms with E-state index in [1.807, 2.05) is 6.92 Å². The van der Waals surface area contributed by atoms with E-state index in [2.05, 4.69) is 15.9 Å². The van der Waals surface area contributed by atoms with Gasteiger partial charge in [0.2, 0.25) is 0 Å². The van der Waals surface area contributed by atoms with Crippen LogP contribution in [-0.4, -0.2) is 6.61 Å². The summed E-state index contributed by atoms with van der Waals surface area (Å²) in [5.41, 5.74) is -0.0107. The Kier molecular flexibility index (Phi) is 3.66. The van der Waals surface area contributed by atoms with Gasteiger partial charge in [-0.25, -0.2) is 8.78 Å². The van der Waals surface area contributed by atoms with Crippen molar-refractivity contribution < 1.29 is 13.5 Å². The fourth-order valence-electron chi connectivity index (χ4n) is 0.941. The fraction of sp³-hybridized carbons (Fsp3) is 0.333. The molecule has 0 fully saturated rings. The molecule has 0 aliphatic carbocycles. The summed E-state index contributed by atoms with van der Waals surface area (Å²) in [6, 6.07) is 4.44. The van der Waals surface area contributed by atoms with Crippen LogP contribution in [0.15, 0.2) is 22.7 Å². The van der Waals surface area contributed by atoms with Crippen LogP contribution < -0.4 is 4.74 Å². The van der Waals surface area contributed by atoms with Gasteiger partial charge >= 0.3 is 0 Å². The highest BCUT2D eigenvalue weighted by Gasteiger charge is 2.11. The molecule has 13 heavy (non-hydrogen) atoms. The molecule has 0 atom stereocenters. The van der Waals surface area contributed by atoms with Crippen molar-refractivity contribution in [2.45, 2.75) is 13.3 Å². The SMILES string of the molecule is CCOc1ccc(C(F)F)c(Br)c1. The molecular weight excluding hydrogens is 242 g/mol. The van der Waals surface area contributed by atoms with Crippen molar-refractivity contribution in [2.24, 2.45) is 0 Å². The predicted molar refractivity (Wildman–Crippen MR) is 50.3 cm³/mol. The quantitative estimate of drug-likeness (QED) is 0.794. The van der Waals surface area contributed by atoms with Crippen molar-refractivity contribution in [3.63, 3.8) is 0 Å². The van der Waals surface area contributed by atoms with Crippen molar-refractivity contribution >= 4 is 15.9 Å². The predicted octanol–water partition coefficient (Wildman–Crippen LogP) is 3.79. The number of benzene rings is 1. The number of alkyl halides is 2. The first-order valence-corrected chi connectivity index (χ1v) is 4.65. The van der Waals surface area contributed by atoms with Gasteiger partial charge in [0.15, 0.2) is 0 Å². The van der Waals surface area contributed by atoms with Gasteiger partial charge in [-0.3, -0.25) is 0 Å². The van der Waals surface area contributed by atoms with E-state index < -0.39 is 6.43 Å². The van der Waals surface area contributed by atoms with Crippen molar-refractivity contribution in [3.05, 3.63) is 28.2 Å². The largest absolute Gasteiger partial charge is 0.494 e. The molecule has 4 heteroatoms. The van der Waals surface area contributed by atoms with E-state index in [1.165, 1.54) is 12.1 Å². The third kappa shape index (κ3) is 2.66. The van der Waals surface area contributed by atoms with Crippen molar-refractivity contribution in [2.75, 3.05) is 6.61 Å². The lowest BCUT2D eigenvalue weighted by Crippen LogP contribution is -1.93. The van der Waals surface area contributed by atoms with E-state index in [4.69, 9.17) is 4.74 Å². The molecule has 0 aromatic heterocycles. The van der Waals surface area contributed by atoms with Crippen LogP contribution in [0, 0.1) is 0 Å². The van der Waals surface area contributed by atoms with Crippen LogP contribution in [0.1, 0.15) is 18.9 Å². The highest BCUT2D eigenvalue weighted by molar-refractivity contribution is 9.10. The summed E-state index contributed by atoms with van der Waals surface area (Å²) in [5.74, 6) is 0.596. The molecule has 0 radical (unpaired) electrons. The van der Waals surface area contributed by atoms with Gasteiger partial charge < -0.3 is 4.74 Å². The van der Waals surface area contributed by atoms with Gasteiger partial charge in [0.05, 0.1) is 6.61 Å². The summed E-state index contributed by atoms with van der Waals surface area (Å²) < 4.78 is 30.1. The van der Waals surface area contributed by atoms with E-state index >= 15 is 0 Å². The van der Waals surface area contributed by atoms with Crippen LogP contribution in [0.2, 0.25) is 0 Å². The maximum Gasteiger partial charge on any atom is 0.264 e. The van der Waals surface area contributed by atoms with Gasteiger partial charge in [0.1, 0.15) is 5.75 Å². The van der Waals surface area contributed by atoms with Crippen LogP contribution >= 0.6 is 15.9 Å². The Hall–Kier alpha value is -0.640. The molecule has 1 rings (SSSR count). The highest BCUT2D eigenvalue weighted by atomic mass is 79.9. The first-order valence-electron chi connectivity index (χ1n) is 3.85. The van der Waals surface area contributed by atoms with Gasteiger partial charge in [-0.05, 0) is 25.1 Å². The number of halogens is 3. The number of hydrogen-bond acceptors (Lipinski definition) is 1. The Balaban J connectivity index is 2.92. The normalized spacial score (nSPS) is 10.5. The number of hydrogen-bond donors (Lipinski definition) is 0. The highest BCUT2D eigenvalue weighted by Crippen LogP contribution is 2.30. The van der Waals surface area contributed by atoms with E-state index in [0.29, 0.717) is 16.8 Å². The van der Waals surface area contributed by atoms with Crippen molar-refractivity contribution in [1.82, 2.24) is 0 Å². The summed E-state index contributed by atoms with van der Waals surface area (Å²) in [4.78, 5) is 0. The molecule has 72 valence electrons. The molecule has 0 bridgehead atoms. The maximum atomic E-state index is 12.3. The van der Waals surface area contributed by atoms with Crippen LogP contribution in [-0.2, 0) is 0 Å². The number of rotatable bonds is 3. The smallest absolute Gasteiger partial charge is 0.264 e. The lowest BCUT2D eigenvalue weighted by Gasteiger charge is -2.06. The monoisotopic (exact) mass is 250 g/mol. The molecule has 0 aliphatic heterocycles. The van der Waals surface area contributed by atoms with Gasteiger partial charge in [0, 0.05) is 10.0 Å². The molecule has 0 saturated carbocycles. The summed E-state index contributed by atoms with van der Waals surface area (Å²) in [7, 11) is 0. The average Bonchev–Trinajstić information content (AvgIpc) is 2.04. The van der Waals surface area contributed by atoms with Crippen molar-refractivity contribution in [3.8, 4) is 5.75 Å². The summed E-state index contributed by atoms with van der Waals surface area (Å²) in [5, 5.41) is 0. The Bertz CT molecular complexity index is 289. The Morgan fingerprint density at radius 1 is 1.46 bits per heavy atom. The first kappa shape index (κ1) is 10.4. The average molecular weight is 251 g/mol. The molecule has 0 amide bonds. The van der Waals surface area contributed by atoms with Crippen LogP contribution in [0.25, 0.3) is 0 Å². The van der Waals surface area contributed by atoms with Crippen LogP contribution in [0.4, 0.5) is 8.78 Å². The zero-order valence-electron chi connectivity index (χ0n) is 7.06. The van der Waals surface area contributed by atoms with E-state index in [-0.39, 0.29) is 5.56 Å². The van der Waals surface area contributed by atoms with E-state index in [9.17, 15) is 8.78 Å². The Labute approximate surface area is 83.8 Å². The van der Waals surface area contributed by atoms with Gasteiger partial charge in [0.25, 0.3) is 6.43 Å². The van der Waals surface area contributed by atoms with Gasteiger partial charge in [-0.1, -0.05) is 15.9 Å². The molecule has 0 heterocycles. The summed E-state index contributed by atoms with van der Waals surface area (Å²) in [6.07, 6.45) is -2.45. The topological polar surface area (TPSA) is 9.23 Å². The van der Waals surface area contributed by atoms with Gasteiger partial charge in [-0.2, -0.15) is 0 Å². The lowest BCUT2D eigenvalue weighted by molar-refractivity contribution is 0.150. The minimum absolute atomic E-state index is 0.0107. The third-order valence-electron chi connectivity index (χ3n) is 1.52. The Morgan fingerprint density at radius 2 is 2.15 bits per heavy atom. The van der Waals surface area contributed by atoms with Crippen molar-refractivity contribution in [1.29, 1.82) is 0 Å². The molecule has 0 unspecified atom stereocenters. The fourth-order valence-corrected chi connectivity index (χ4v) is 1.47. The second-order valence-electron chi connectivity index (χ2n) is 2.42. The van der Waals surface area contributed by atoms with E-state index in [1.54, 1.807) is 6.07 Å².